The van der Waals surface area contributed by atoms with E-state index in [2.05, 4.69) is 5.32 Å². The molecule has 1 fully saturated rings. The average molecular weight is 360 g/mol. The van der Waals surface area contributed by atoms with E-state index in [1.165, 1.54) is 6.42 Å². The summed E-state index contributed by atoms with van der Waals surface area (Å²) in [5.74, 6) is 0.202. The minimum atomic E-state index is -1.32. The van der Waals surface area contributed by atoms with Gasteiger partial charge in [0.2, 0.25) is 0 Å². The highest BCUT2D eigenvalue weighted by Gasteiger charge is 2.35. The molecule has 0 spiro atoms. The molecular weight excluding hydrogens is 322 g/mol. The van der Waals surface area contributed by atoms with Crippen molar-refractivity contribution in [3.63, 3.8) is 0 Å². The number of alkyl carbamates (subject to hydrolysis) is 1. The highest BCUT2D eigenvalue weighted by molar-refractivity contribution is 5.68. The summed E-state index contributed by atoms with van der Waals surface area (Å²) in [6.07, 6.45) is 1.98. The molecule has 0 saturated heterocycles. The Balaban J connectivity index is 2.79. The number of aliphatic hydroxyl groups excluding tert-OH is 3. The Morgan fingerprint density at radius 2 is 1.60 bits per heavy atom. The minimum Gasteiger partial charge on any atom is -0.444 e. The first-order valence-electron chi connectivity index (χ1n) is 9.55. The van der Waals surface area contributed by atoms with Gasteiger partial charge in [-0.25, -0.2) is 4.79 Å². The second-order valence-electron chi connectivity index (χ2n) is 8.71. The van der Waals surface area contributed by atoms with Crippen LogP contribution in [-0.2, 0) is 4.74 Å². The molecule has 4 unspecified atom stereocenters. The summed E-state index contributed by atoms with van der Waals surface area (Å²) in [7, 11) is 0. The number of carbonyl (C=O) groups is 1. The molecule has 6 nitrogen and oxygen atoms in total. The normalized spacial score (nSPS) is 21.5. The molecule has 1 aliphatic rings. The molecule has 1 amide bonds. The van der Waals surface area contributed by atoms with Gasteiger partial charge in [-0.3, -0.25) is 0 Å². The monoisotopic (exact) mass is 359 g/mol. The van der Waals surface area contributed by atoms with Gasteiger partial charge in [0.15, 0.2) is 0 Å². The summed E-state index contributed by atoms with van der Waals surface area (Å²) in [5, 5.41) is 33.7. The number of ether oxygens (including phenoxy) is 1. The van der Waals surface area contributed by atoms with Crippen molar-refractivity contribution in [3.8, 4) is 0 Å². The van der Waals surface area contributed by atoms with Crippen molar-refractivity contribution in [3.05, 3.63) is 0 Å². The van der Waals surface area contributed by atoms with E-state index in [4.69, 9.17) is 4.74 Å². The molecule has 0 bridgehead atoms. The van der Waals surface area contributed by atoms with E-state index in [1.807, 2.05) is 0 Å². The van der Waals surface area contributed by atoms with Crippen LogP contribution in [0.25, 0.3) is 0 Å². The van der Waals surface area contributed by atoms with E-state index in [9.17, 15) is 20.1 Å². The fourth-order valence-electron chi connectivity index (χ4n) is 3.36. The van der Waals surface area contributed by atoms with Gasteiger partial charge in [0, 0.05) is 0 Å². The molecule has 1 aliphatic carbocycles. The van der Waals surface area contributed by atoms with Gasteiger partial charge in [-0.2, -0.15) is 0 Å². The maximum absolute atomic E-state index is 12.2. The molecule has 0 aromatic carbocycles. The zero-order chi connectivity index (χ0) is 19.2. The molecular formula is C19H37NO5. The third-order valence-corrected chi connectivity index (χ3v) is 4.81. The zero-order valence-corrected chi connectivity index (χ0v) is 16.4. The molecule has 0 aromatic heterocycles. The molecule has 1 rings (SSSR count). The Bertz CT molecular complexity index is 401. The first-order valence-corrected chi connectivity index (χ1v) is 9.55. The number of hydrogen-bond donors (Lipinski definition) is 4. The maximum atomic E-state index is 12.2. The summed E-state index contributed by atoms with van der Waals surface area (Å²) in [6.45, 7) is 8.87. The lowest BCUT2D eigenvalue weighted by atomic mass is 9.82. The number of nitrogens with one attached hydrogen (secondary N) is 1. The van der Waals surface area contributed by atoms with Crippen LogP contribution in [0.2, 0.25) is 0 Å². The van der Waals surface area contributed by atoms with Crippen LogP contribution in [0.4, 0.5) is 4.79 Å². The molecule has 148 valence electrons. The van der Waals surface area contributed by atoms with E-state index in [-0.39, 0.29) is 5.92 Å². The maximum Gasteiger partial charge on any atom is 0.407 e. The zero-order valence-electron chi connectivity index (χ0n) is 16.4. The summed E-state index contributed by atoms with van der Waals surface area (Å²) in [4.78, 5) is 12.2. The summed E-state index contributed by atoms with van der Waals surface area (Å²) in [6, 6.07) is -0.652. The third-order valence-electron chi connectivity index (χ3n) is 4.81. The van der Waals surface area contributed by atoms with Gasteiger partial charge in [-0.15, -0.1) is 0 Å². The number of hydrogen-bond acceptors (Lipinski definition) is 5. The van der Waals surface area contributed by atoms with Crippen LogP contribution in [0.1, 0.15) is 73.1 Å². The Morgan fingerprint density at radius 3 is 2.08 bits per heavy atom. The van der Waals surface area contributed by atoms with E-state index in [0.29, 0.717) is 12.3 Å². The molecule has 1 saturated carbocycles. The van der Waals surface area contributed by atoms with E-state index < -0.39 is 36.0 Å². The Morgan fingerprint density at radius 1 is 1.04 bits per heavy atom. The lowest BCUT2D eigenvalue weighted by molar-refractivity contribution is -0.0894. The molecule has 0 aromatic rings. The Hall–Kier alpha value is -0.850. The molecule has 0 heterocycles. The molecule has 4 N–H and O–H groups in total. The van der Waals surface area contributed by atoms with Crippen molar-refractivity contribution >= 4 is 6.09 Å². The van der Waals surface area contributed by atoms with Crippen molar-refractivity contribution in [2.75, 3.05) is 0 Å². The van der Waals surface area contributed by atoms with Gasteiger partial charge in [0.1, 0.15) is 17.8 Å². The molecule has 0 radical (unpaired) electrons. The SMILES string of the molecule is CC(C)C(O)C(O)C(O)C(CC1CCCCC1)NC(=O)OC(C)(C)C. The van der Waals surface area contributed by atoms with Crippen LogP contribution in [0.5, 0.6) is 0 Å². The number of rotatable bonds is 7. The van der Waals surface area contributed by atoms with Crippen LogP contribution in [0, 0.1) is 11.8 Å². The van der Waals surface area contributed by atoms with Gasteiger partial charge >= 0.3 is 6.09 Å². The first-order chi connectivity index (χ1) is 11.5. The Labute approximate surface area is 152 Å². The largest absolute Gasteiger partial charge is 0.444 e. The molecule has 6 heteroatoms. The number of carbonyl (C=O) groups excluding carboxylic acids is 1. The highest BCUT2D eigenvalue weighted by Crippen LogP contribution is 2.29. The van der Waals surface area contributed by atoms with Gasteiger partial charge < -0.3 is 25.4 Å². The van der Waals surface area contributed by atoms with Crippen molar-refractivity contribution < 1.29 is 24.9 Å². The standard InChI is InChI=1S/C19H37NO5/c1-12(2)15(21)17(23)16(22)14(11-13-9-7-6-8-10-13)20-18(24)25-19(3,4)5/h12-17,21-23H,6-11H2,1-5H3,(H,20,24). The van der Waals surface area contributed by atoms with Crippen LogP contribution in [-0.4, -0.2) is 51.4 Å². The summed E-state index contributed by atoms with van der Waals surface area (Å²) >= 11 is 0. The number of aliphatic hydroxyl groups is 3. The van der Waals surface area contributed by atoms with Crippen molar-refractivity contribution in [2.45, 2.75) is 103 Å². The first kappa shape index (κ1) is 22.2. The topological polar surface area (TPSA) is 99.0 Å². The van der Waals surface area contributed by atoms with Crippen molar-refractivity contribution in [2.24, 2.45) is 11.8 Å². The fraction of sp³-hybridized carbons (Fsp3) is 0.947. The smallest absolute Gasteiger partial charge is 0.407 e. The molecule has 25 heavy (non-hydrogen) atoms. The summed E-state index contributed by atoms with van der Waals surface area (Å²) in [5.41, 5.74) is -0.638. The summed E-state index contributed by atoms with van der Waals surface area (Å²) < 4.78 is 5.29. The second kappa shape index (κ2) is 9.74. The van der Waals surface area contributed by atoms with Gasteiger partial charge in [0.25, 0.3) is 0 Å². The predicted octanol–water partition coefficient (Wildman–Crippen LogP) is 2.59. The predicted molar refractivity (Wildman–Crippen MR) is 97.2 cm³/mol. The highest BCUT2D eigenvalue weighted by atomic mass is 16.6. The van der Waals surface area contributed by atoms with E-state index in [1.54, 1.807) is 34.6 Å². The molecule has 4 atom stereocenters. The fourth-order valence-corrected chi connectivity index (χ4v) is 3.36. The Kier molecular flexibility index (Phi) is 8.64. The van der Waals surface area contributed by atoms with Gasteiger partial charge in [-0.05, 0) is 39.0 Å². The van der Waals surface area contributed by atoms with Crippen LogP contribution in [0.3, 0.4) is 0 Å². The van der Waals surface area contributed by atoms with E-state index in [0.717, 1.165) is 25.7 Å². The van der Waals surface area contributed by atoms with Crippen molar-refractivity contribution in [1.82, 2.24) is 5.32 Å². The van der Waals surface area contributed by atoms with E-state index >= 15 is 0 Å². The van der Waals surface area contributed by atoms with Crippen LogP contribution >= 0.6 is 0 Å². The van der Waals surface area contributed by atoms with Crippen LogP contribution in [0.15, 0.2) is 0 Å². The van der Waals surface area contributed by atoms with Crippen molar-refractivity contribution in [1.29, 1.82) is 0 Å². The van der Waals surface area contributed by atoms with Crippen LogP contribution < -0.4 is 5.32 Å². The molecule has 0 aliphatic heterocycles. The average Bonchev–Trinajstić information content (AvgIpc) is 2.51. The number of amides is 1. The second-order valence-corrected chi connectivity index (χ2v) is 8.71. The van der Waals surface area contributed by atoms with Gasteiger partial charge in [-0.1, -0.05) is 46.0 Å². The lowest BCUT2D eigenvalue weighted by Gasteiger charge is -2.34. The van der Waals surface area contributed by atoms with Gasteiger partial charge in [0.05, 0.1) is 12.1 Å². The third kappa shape index (κ3) is 7.92. The lowest BCUT2D eigenvalue weighted by Crippen LogP contribution is -2.54. The quantitative estimate of drug-likeness (QED) is 0.560. The minimum absolute atomic E-state index is 0.193.